The van der Waals surface area contributed by atoms with Gasteiger partial charge in [0.25, 0.3) is 0 Å². The Kier molecular flexibility index (Phi) is 3.18. The molecular weight excluding hydrogens is 213 g/mol. The number of hydrogen-bond acceptors (Lipinski definition) is 2. The molecule has 0 unspecified atom stereocenters. The summed E-state index contributed by atoms with van der Waals surface area (Å²) in [6.07, 6.45) is -4.12. The summed E-state index contributed by atoms with van der Waals surface area (Å²) in [6.45, 7) is 0. The molecule has 0 radical (unpaired) electrons. The molecule has 15 heavy (non-hydrogen) atoms. The van der Waals surface area contributed by atoms with E-state index in [1.165, 1.54) is 18.4 Å². The lowest BCUT2D eigenvalue weighted by Gasteiger charge is -2.07. The summed E-state index contributed by atoms with van der Waals surface area (Å²) in [5.74, 6) is -1.53. The van der Waals surface area contributed by atoms with Gasteiger partial charge < -0.3 is 9.52 Å². The Bertz CT molecular complexity index is 362. The number of furan rings is 1. The van der Waals surface area contributed by atoms with Gasteiger partial charge in [0.15, 0.2) is 0 Å². The first-order valence-corrected chi connectivity index (χ1v) is 3.92. The topological polar surface area (TPSA) is 50.4 Å². The number of carboxylic acids is 1. The Hall–Kier alpha value is -1.72. The zero-order valence-corrected chi connectivity index (χ0v) is 7.41. The SMILES string of the molecule is O=C(O)/C=C(\CC(F)(F)F)c1ccco1. The second kappa shape index (κ2) is 4.20. The van der Waals surface area contributed by atoms with E-state index in [2.05, 4.69) is 0 Å². The number of carboxylic acid groups (broad SMARTS) is 1. The normalized spacial score (nSPS) is 12.9. The molecule has 0 amide bonds. The van der Waals surface area contributed by atoms with Crippen LogP contribution in [0.15, 0.2) is 28.9 Å². The van der Waals surface area contributed by atoms with Crippen molar-refractivity contribution >= 4 is 11.5 Å². The third-order valence-corrected chi connectivity index (χ3v) is 1.53. The maximum atomic E-state index is 12.1. The summed E-state index contributed by atoms with van der Waals surface area (Å²) in [5.41, 5.74) is -0.403. The van der Waals surface area contributed by atoms with E-state index in [4.69, 9.17) is 9.52 Å². The highest BCUT2D eigenvalue weighted by atomic mass is 19.4. The molecule has 1 N–H and O–H groups in total. The van der Waals surface area contributed by atoms with Gasteiger partial charge in [-0.2, -0.15) is 13.2 Å². The first kappa shape index (κ1) is 11.4. The van der Waals surface area contributed by atoms with Crippen molar-refractivity contribution in [1.29, 1.82) is 0 Å². The van der Waals surface area contributed by atoms with Crippen molar-refractivity contribution in [2.75, 3.05) is 0 Å². The predicted molar refractivity (Wildman–Crippen MR) is 45.0 cm³/mol. The lowest BCUT2D eigenvalue weighted by molar-refractivity contribution is -0.131. The summed E-state index contributed by atoms with van der Waals surface area (Å²) in [5, 5.41) is 8.39. The minimum absolute atomic E-state index is 0.0882. The van der Waals surface area contributed by atoms with Gasteiger partial charge in [-0.15, -0.1) is 0 Å². The van der Waals surface area contributed by atoms with Crippen molar-refractivity contribution in [3.63, 3.8) is 0 Å². The van der Waals surface area contributed by atoms with Gasteiger partial charge in [-0.05, 0) is 12.1 Å². The van der Waals surface area contributed by atoms with Crippen molar-refractivity contribution < 1.29 is 27.5 Å². The first-order chi connectivity index (χ1) is 6.88. The van der Waals surface area contributed by atoms with Crippen LogP contribution in [0.5, 0.6) is 0 Å². The molecule has 0 aliphatic rings. The maximum Gasteiger partial charge on any atom is 0.393 e. The quantitative estimate of drug-likeness (QED) is 0.796. The average Bonchev–Trinajstić information content (AvgIpc) is 2.50. The van der Waals surface area contributed by atoms with Crippen LogP contribution in [-0.2, 0) is 4.79 Å². The fourth-order valence-electron chi connectivity index (χ4n) is 1.04. The first-order valence-electron chi connectivity index (χ1n) is 3.92. The summed E-state index contributed by atoms with van der Waals surface area (Å²) in [6, 6.07) is 2.67. The summed E-state index contributed by atoms with van der Waals surface area (Å²) >= 11 is 0. The van der Waals surface area contributed by atoms with Crippen molar-refractivity contribution in [3.8, 4) is 0 Å². The van der Waals surface area contributed by atoms with Crippen LogP contribution in [-0.4, -0.2) is 17.3 Å². The highest BCUT2D eigenvalue weighted by molar-refractivity contribution is 5.89. The molecule has 0 spiro atoms. The van der Waals surface area contributed by atoms with Gasteiger partial charge in [0.05, 0.1) is 12.7 Å². The average molecular weight is 220 g/mol. The van der Waals surface area contributed by atoms with Gasteiger partial charge in [-0.25, -0.2) is 4.79 Å². The lowest BCUT2D eigenvalue weighted by atomic mass is 10.1. The molecule has 0 saturated carbocycles. The molecule has 0 aliphatic carbocycles. The van der Waals surface area contributed by atoms with Gasteiger partial charge in [-0.3, -0.25) is 0 Å². The van der Waals surface area contributed by atoms with Crippen molar-refractivity contribution in [1.82, 2.24) is 0 Å². The van der Waals surface area contributed by atoms with E-state index in [-0.39, 0.29) is 5.76 Å². The van der Waals surface area contributed by atoms with Crippen LogP contribution in [0.3, 0.4) is 0 Å². The summed E-state index contributed by atoms with van der Waals surface area (Å²) in [7, 11) is 0. The van der Waals surface area contributed by atoms with Gasteiger partial charge >= 0.3 is 12.1 Å². The van der Waals surface area contributed by atoms with Crippen LogP contribution in [0, 0.1) is 0 Å². The molecule has 1 aromatic heterocycles. The molecule has 1 rings (SSSR count). The van der Waals surface area contributed by atoms with Crippen LogP contribution in [0.25, 0.3) is 5.57 Å². The van der Waals surface area contributed by atoms with Crippen molar-refractivity contribution in [3.05, 3.63) is 30.2 Å². The van der Waals surface area contributed by atoms with Gasteiger partial charge in [0, 0.05) is 11.6 Å². The zero-order chi connectivity index (χ0) is 11.5. The smallest absolute Gasteiger partial charge is 0.393 e. The Morgan fingerprint density at radius 1 is 1.53 bits per heavy atom. The molecule has 82 valence electrons. The van der Waals surface area contributed by atoms with Crippen LogP contribution < -0.4 is 0 Å². The Labute approximate surface area is 82.8 Å². The molecule has 0 aromatic carbocycles. The van der Waals surface area contributed by atoms with Crippen molar-refractivity contribution in [2.24, 2.45) is 0 Å². The molecule has 6 heteroatoms. The minimum Gasteiger partial charge on any atom is -0.478 e. The molecule has 0 fully saturated rings. The van der Waals surface area contributed by atoms with E-state index in [0.29, 0.717) is 6.08 Å². The van der Waals surface area contributed by atoms with E-state index >= 15 is 0 Å². The number of halogens is 3. The molecule has 0 aliphatic heterocycles. The molecule has 0 saturated heterocycles. The Balaban J connectivity index is 2.95. The minimum atomic E-state index is -4.46. The number of hydrogen-bond donors (Lipinski definition) is 1. The highest BCUT2D eigenvalue weighted by Crippen LogP contribution is 2.30. The van der Waals surface area contributed by atoms with E-state index in [0.717, 1.165) is 0 Å². The van der Waals surface area contributed by atoms with Gasteiger partial charge in [0.1, 0.15) is 5.76 Å². The summed E-state index contributed by atoms with van der Waals surface area (Å²) < 4.78 is 40.9. The molecule has 1 heterocycles. The monoisotopic (exact) mass is 220 g/mol. The molecular formula is C9H7F3O3. The second-order valence-electron chi connectivity index (χ2n) is 2.78. The third kappa shape index (κ3) is 3.88. The predicted octanol–water partition coefficient (Wildman–Crippen LogP) is 2.70. The second-order valence-corrected chi connectivity index (χ2v) is 2.78. The molecule has 0 atom stereocenters. The number of alkyl halides is 3. The standard InChI is InChI=1S/C9H7F3O3/c10-9(11,12)5-6(4-8(13)14)7-2-1-3-15-7/h1-4H,5H2,(H,13,14)/b6-4+. The zero-order valence-electron chi connectivity index (χ0n) is 7.41. The Morgan fingerprint density at radius 3 is 2.60 bits per heavy atom. The van der Waals surface area contributed by atoms with Crippen LogP contribution in [0.4, 0.5) is 13.2 Å². The lowest BCUT2D eigenvalue weighted by Crippen LogP contribution is -2.08. The number of carbonyl (C=O) groups is 1. The fourth-order valence-corrected chi connectivity index (χ4v) is 1.04. The van der Waals surface area contributed by atoms with E-state index < -0.39 is 24.1 Å². The van der Waals surface area contributed by atoms with Crippen LogP contribution >= 0.6 is 0 Å². The fraction of sp³-hybridized carbons (Fsp3) is 0.222. The number of allylic oxidation sites excluding steroid dienone is 1. The highest BCUT2D eigenvalue weighted by Gasteiger charge is 2.30. The van der Waals surface area contributed by atoms with Gasteiger partial charge in [-0.1, -0.05) is 0 Å². The van der Waals surface area contributed by atoms with Gasteiger partial charge in [0.2, 0.25) is 0 Å². The molecule has 3 nitrogen and oxygen atoms in total. The molecule has 0 bridgehead atoms. The Morgan fingerprint density at radius 2 is 2.20 bits per heavy atom. The van der Waals surface area contributed by atoms with E-state index in [9.17, 15) is 18.0 Å². The van der Waals surface area contributed by atoms with E-state index in [1.54, 1.807) is 0 Å². The van der Waals surface area contributed by atoms with E-state index in [1.807, 2.05) is 0 Å². The van der Waals surface area contributed by atoms with Crippen LogP contribution in [0.2, 0.25) is 0 Å². The molecule has 1 aromatic rings. The van der Waals surface area contributed by atoms with Crippen molar-refractivity contribution in [2.45, 2.75) is 12.6 Å². The number of aliphatic carboxylic acids is 1. The largest absolute Gasteiger partial charge is 0.478 e. The summed E-state index contributed by atoms with van der Waals surface area (Å²) in [4.78, 5) is 10.3. The van der Waals surface area contributed by atoms with Crippen LogP contribution in [0.1, 0.15) is 12.2 Å². The number of rotatable bonds is 3. The maximum absolute atomic E-state index is 12.1. The third-order valence-electron chi connectivity index (χ3n) is 1.53.